The van der Waals surface area contributed by atoms with Gasteiger partial charge in [0.05, 0.1) is 10.0 Å². The minimum atomic E-state index is -0.219. The van der Waals surface area contributed by atoms with Gasteiger partial charge in [-0.1, -0.05) is 30.3 Å². The molecular weight excluding hydrogens is 370 g/mol. The monoisotopic (exact) mass is 387 g/mol. The van der Waals surface area contributed by atoms with Crippen LogP contribution in [0.1, 0.15) is 22.3 Å². The number of aromatic nitrogens is 1. The molecule has 0 unspecified atom stereocenters. The first-order valence-corrected chi connectivity index (χ1v) is 8.88. The zero-order valence-electron chi connectivity index (χ0n) is 13.1. The third-order valence-electron chi connectivity index (χ3n) is 4.95. The molecule has 2 bridgehead atoms. The van der Waals surface area contributed by atoms with Gasteiger partial charge in [-0.3, -0.25) is 14.5 Å². The van der Waals surface area contributed by atoms with Crippen molar-refractivity contribution in [2.75, 3.05) is 13.1 Å². The Bertz CT molecular complexity index is 821. The molecule has 6 heteroatoms. The van der Waals surface area contributed by atoms with Crippen LogP contribution in [0.3, 0.4) is 0 Å². The lowest BCUT2D eigenvalue weighted by Crippen LogP contribution is -2.48. The minimum absolute atomic E-state index is 0.00110. The van der Waals surface area contributed by atoms with Crippen molar-refractivity contribution in [2.45, 2.75) is 25.0 Å². The van der Waals surface area contributed by atoms with Gasteiger partial charge in [0.1, 0.15) is 0 Å². The Labute approximate surface area is 148 Å². The number of fused-ring (bicyclic) bond motifs is 2. The van der Waals surface area contributed by atoms with Crippen molar-refractivity contribution in [3.8, 4) is 0 Å². The van der Waals surface area contributed by atoms with Gasteiger partial charge in [-0.15, -0.1) is 0 Å². The molecule has 2 aromatic rings. The lowest BCUT2D eigenvalue weighted by Gasteiger charge is -2.34. The van der Waals surface area contributed by atoms with E-state index in [-0.39, 0.29) is 17.5 Å². The summed E-state index contributed by atoms with van der Waals surface area (Å²) in [6.07, 6.45) is 2.53. The highest BCUT2D eigenvalue weighted by Crippen LogP contribution is 2.32. The quantitative estimate of drug-likeness (QED) is 0.878. The van der Waals surface area contributed by atoms with E-state index in [2.05, 4.69) is 50.1 Å². The van der Waals surface area contributed by atoms with Crippen LogP contribution in [0.15, 0.2) is 51.9 Å². The Morgan fingerprint density at radius 3 is 2.67 bits per heavy atom. The lowest BCUT2D eigenvalue weighted by atomic mass is 10.2. The maximum Gasteiger partial charge on any atom is 0.262 e. The molecule has 1 aromatic heterocycles. The zero-order valence-corrected chi connectivity index (χ0v) is 14.7. The number of benzene rings is 1. The highest BCUT2D eigenvalue weighted by Gasteiger charge is 2.45. The van der Waals surface area contributed by atoms with Gasteiger partial charge in [0.25, 0.3) is 11.5 Å². The fourth-order valence-electron chi connectivity index (χ4n) is 3.75. The van der Waals surface area contributed by atoms with Crippen LogP contribution in [-0.4, -0.2) is 45.9 Å². The Morgan fingerprint density at radius 2 is 2.00 bits per heavy atom. The van der Waals surface area contributed by atoms with Crippen molar-refractivity contribution in [3.63, 3.8) is 0 Å². The maximum atomic E-state index is 12.7. The topological polar surface area (TPSA) is 56.4 Å². The van der Waals surface area contributed by atoms with Crippen molar-refractivity contribution in [1.29, 1.82) is 0 Å². The van der Waals surface area contributed by atoms with Gasteiger partial charge in [-0.2, -0.15) is 0 Å². The Morgan fingerprint density at radius 1 is 1.21 bits per heavy atom. The van der Waals surface area contributed by atoms with Crippen LogP contribution in [0, 0.1) is 0 Å². The van der Waals surface area contributed by atoms with Gasteiger partial charge in [0.15, 0.2) is 0 Å². The summed E-state index contributed by atoms with van der Waals surface area (Å²) >= 11 is 3.19. The Kier molecular flexibility index (Phi) is 4.02. The number of hydrogen-bond acceptors (Lipinski definition) is 3. The number of nitrogens with one attached hydrogen (secondary N) is 1. The molecule has 5 nitrogen and oxygen atoms in total. The first-order chi connectivity index (χ1) is 11.6. The van der Waals surface area contributed by atoms with Gasteiger partial charge in [-0.25, -0.2) is 0 Å². The number of carbonyl (C=O) groups is 1. The number of carbonyl (C=O) groups excluding carboxylic acids is 1. The molecular formula is C18H18BrN3O2. The molecule has 1 N–H and O–H groups in total. The van der Waals surface area contributed by atoms with Crippen LogP contribution >= 0.6 is 15.9 Å². The van der Waals surface area contributed by atoms with Gasteiger partial charge in [0, 0.05) is 37.9 Å². The molecule has 0 aliphatic carbocycles. The molecule has 2 saturated heterocycles. The summed E-state index contributed by atoms with van der Waals surface area (Å²) in [5.74, 6) is -0.00110. The van der Waals surface area contributed by atoms with Crippen LogP contribution in [0.5, 0.6) is 0 Å². The number of piperazine rings is 1. The smallest absolute Gasteiger partial charge is 0.262 e. The highest BCUT2D eigenvalue weighted by atomic mass is 79.9. The van der Waals surface area contributed by atoms with E-state index in [9.17, 15) is 9.59 Å². The number of hydrogen-bond donors (Lipinski definition) is 1. The standard InChI is InChI=1S/C18H18BrN3O2/c19-16-6-13(8-20-17(16)23)18(24)22-11-14-7-15(22)10-21(14)9-12-4-2-1-3-5-12/h1-6,8,14-15H,7,9-11H2,(H,20,23)/t14-,15-/m0/s1. The number of amides is 1. The Balaban J connectivity index is 1.45. The molecule has 0 spiro atoms. The van der Waals surface area contributed by atoms with Crippen LogP contribution in [-0.2, 0) is 6.54 Å². The largest absolute Gasteiger partial charge is 0.333 e. The number of rotatable bonds is 3. The first-order valence-electron chi connectivity index (χ1n) is 8.09. The van der Waals surface area contributed by atoms with E-state index in [1.54, 1.807) is 6.07 Å². The summed E-state index contributed by atoms with van der Waals surface area (Å²) < 4.78 is 0.392. The molecule has 2 atom stereocenters. The average molecular weight is 388 g/mol. The minimum Gasteiger partial charge on any atom is -0.333 e. The van der Waals surface area contributed by atoms with Crippen molar-refractivity contribution in [3.05, 3.63) is 68.5 Å². The Hall–Kier alpha value is -1.92. The van der Waals surface area contributed by atoms with Crippen LogP contribution in [0.25, 0.3) is 0 Å². The fraction of sp³-hybridized carbons (Fsp3) is 0.333. The molecule has 4 rings (SSSR count). The summed E-state index contributed by atoms with van der Waals surface area (Å²) in [6, 6.07) is 12.7. The number of H-pyrrole nitrogens is 1. The molecule has 0 radical (unpaired) electrons. The van der Waals surface area contributed by atoms with Crippen molar-refractivity contribution < 1.29 is 4.79 Å². The number of halogens is 1. The number of nitrogens with zero attached hydrogens (tertiary/aromatic N) is 2. The van der Waals surface area contributed by atoms with Gasteiger partial charge in [-0.05, 0) is 34.0 Å². The molecule has 2 fully saturated rings. The summed E-state index contributed by atoms with van der Waals surface area (Å²) in [4.78, 5) is 31.2. The highest BCUT2D eigenvalue weighted by molar-refractivity contribution is 9.10. The lowest BCUT2D eigenvalue weighted by molar-refractivity contribution is 0.0615. The van der Waals surface area contributed by atoms with Gasteiger partial charge >= 0.3 is 0 Å². The normalized spacial score (nSPS) is 23.0. The summed E-state index contributed by atoms with van der Waals surface area (Å²) in [5, 5.41) is 0. The van der Waals surface area contributed by atoms with Crippen molar-refractivity contribution in [1.82, 2.24) is 14.8 Å². The molecule has 1 aromatic carbocycles. The van der Waals surface area contributed by atoms with Crippen LogP contribution in [0.2, 0.25) is 0 Å². The number of likely N-dealkylation sites (tertiary alicyclic amines) is 2. The van der Waals surface area contributed by atoms with E-state index >= 15 is 0 Å². The third-order valence-corrected chi connectivity index (χ3v) is 5.54. The van der Waals surface area contributed by atoms with E-state index < -0.39 is 0 Å². The third kappa shape index (κ3) is 2.80. The van der Waals surface area contributed by atoms with E-state index in [0.29, 0.717) is 16.1 Å². The van der Waals surface area contributed by atoms with E-state index in [1.807, 2.05) is 11.0 Å². The van der Waals surface area contributed by atoms with Crippen LogP contribution in [0.4, 0.5) is 0 Å². The second-order valence-electron chi connectivity index (χ2n) is 6.48. The van der Waals surface area contributed by atoms with Gasteiger partial charge in [0.2, 0.25) is 0 Å². The van der Waals surface area contributed by atoms with Crippen LogP contribution < -0.4 is 5.56 Å². The fourth-order valence-corrected chi connectivity index (χ4v) is 4.12. The van der Waals surface area contributed by atoms with E-state index in [0.717, 1.165) is 26.1 Å². The van der Waals surface area contributed by atoms with E-state index in [1.165, 1.54) is 11.8 Å². The SMILES string of the molecule is O=C(c1c[nH]c(=O)c(Br)c1)N1C[C@@H]2C[C@H]1CN2Cc1ccccc1. The number of pyridine rings is 1. The molecule has 2 aliphatic heterocycles. The maximum absolute atomic E-state index is 12.7. The van der Waals surface area contributed by atoms with Crippen molar-refractivity contribution >= 4 is 21.8 Å². The predicted molar refractivity (Wildman–Crippen MR) is 94.8 cm³/mol. The second-order valence-corrected chi connectivity index (χ2v) is 7.34. The number of aromatic amines is 1. The molecule has 1 amide bonds. The molecule has 124 valence electrons. The van der Waals surface area contributed by atoms with Crippen molar-refractivity contribution in [2.24, 2.45) is 0 Å². The summed E-state index contributed by atoms with van der Waals surface area (Å²) in [7, 11) is 0. The summed E-state index contributed by atoms with van der Waals surface area (Å²) in [5.41, 5.74) is 1.62. The van der Waals surface area contributed by atoms with E-state index in [4.69, 9.17) is 0 Å². The first kappa shape index (κ1) is 15.6. The van der Waals surface area contributed by atoms with Gasteiger partial charge < -0.3 is 9.88 Å². The molecule has 0 saturated carbocycles. The molecule has 2 aliphatic rings. The summed E-state index contributed by atoms with van der Waals surface area (Å²) in [6.45, 7) is 2.61. The average Bonchev–Trinajstić information content (AvgIpc) is 3.18. The second kappa shape index (κ2) is 6.18. The predicted octanol–water partition coefficient (Wildman–Crippen LogP) is 2.24. The zero-order chi connectivity index (χ0) is 16.7. The molecule has 24 heavy (non-hydrogen) atoms. The molecule has 3 heterocycles.